The molecule has 2 atom stereocenters. The van der Waals surface area contributed by atoms with Crippen molar-refractivity contribution in [2.45, 2.75) is 63.9 Å². The lowest BCUT2D eigenvalue weighted by molar-refractivity contribution is 0.126. The van der Waals surface area contributed by atoms with Crippen LogP contribution in [0.2, 0.25) is 0 Å². The van der Waals surface area contributed by atoms with E-state index in [1.54, 1.807) is 0 Å². The first-order valence-corrected chi connectivity index (χ1v) is 8.52. The number of nitrogens with one attached hydrogen (secondary N) is 1. The van der Waals surface area contributed by atoms with Crippen molar-refractivity contribution in [2.24, 2.45) is 0 Å². The topological polar surface area (TPSA) is 55.4 Å². The summed E-state index contributed by atoms with van der Waals surface area (Å²) < 4.78 is 29.5. The number of ether oxygens (including phenoxy) is 1. The van der Waals surface area contributed by atoms with E-state index in [1.807, 2.05) is 6.92 Å². The van der Waals surface area contributed by atoms with Gasteiger partial charge in [-0.15, -0.1) is 0 Å². The molecular formula is C13H27NO3S. The first kappa shape index (κ1) is 15.9. The molecule has 0 aromatic rings. The van der Waals surface area contributed by atoms with E-state index in [2.05, 4.69) is 26.1 Å². The molecule has 0 amide bonds. The largest absolute Gasteiger partial charge is 0.377 e. The van der Waals surface area contributed by atoms with Crippen LogP contribution < -0.4 is 5.32 Å². The van der Waals surface area contributed by atoms with E-state index in [1.165, 1.54) is 0 Å². The molecule has 0 aromatic heterocycles. The molecule has 0 bridgehead atoms. The van der Waals surface area contributed by atoms with Gasteiger partial charge in [0.1, 0.15) is 0 Å². The Morgan fingerprint density at radius 3 is 2.44 bits per heavy atom. The van der Waals surface area contributed by atoms with Gasteiger partial charge in [0.15, 0.2) is 9.84 Å². The molecule has 5 heteroatoms. The number of sulfone groups is 1. The van der Waals surface area contributed by atoms with Crippen LogP contribution in [0.1, 0.15) is 47.0 Å². The van der Waals surface area contributed by atoms with Crippen LogP contribution in [-0.2, 0) is 14.6 Å². The van der Waals surface area contributed by atoms with Gasteiger partial charge in [0, 0.05) is 12.1 Å². The molecule has 1 N–H and O–H groups in total. The lowest BCUT2D eigenvalue weighted by atomic mass is 10.1. The van der Waals surface area contributed by atoms with Gasteiger partial charge < -0.3 is 10.1 Å². The minimum Gasteiger partial charge on any atom is -0.377 e. The predicted octanol–water partition coefficient (Wildman–Crippen LogP) is 1.75. The zero-order valence-corrected chi connectivity index (χ0v) is 12.8. The zero-order valence-electron chi connectivity index (χ0n) is 12.0. The summed E-state index contributed by atoms with van der Waals surface area (Å²) in [5, 5.41) is 3.08. The minimum atomic E-state index is -2.98. The van der Waals surface area contributed by atoms with Crippen molar-refractivity contribution in [3.05, 3.63) is 0 Å². The van der Waals surface area contributed by atoms with Gasteiger partial charge in [-0.3, -0.25) is 0 Å². The van der Waals surface area contributed by atoms with E-state index in [4.69, 9.17) is 4.74 Å². The molecule has 0 saturated carbocycles. The van der Waals surface area contributed by atoms with E-state index in [0.29, 0.717) is 13.0 Å². The minimum absolute atomic E-state index is 0.104. The summed E-state index contributed by atoms with van der Waals surface area (Å²) in [5.74, 6) is 0.289. The second-order valence-corrected chi connectivity index (χ2v) is 8.49. The van der Waals surface area contributed by atoms with E-state index < -0.39 is 9.84 Å². The van der Waals surface area contributed by atoms with Crippen LogP contribution in [0.25, 0.3) is 0 Å². The van der Waals surface area contributed by atoms with Crippen LogP contribution in [0.3, 0.4) is 0 Å². The second kappa shape index (κ2) is 6.35. The quantitative estimate of drug-likeness (QED) is 0.752. The molecule has 1 aliphatic rings. The summed E-state index contributed by atoms with van der Waals surface area (Å²) in [7, 11) is -2.98. The Morgan fingerprint density at radius 2 is 1.94 bits per heavy atom. The average Bonchev–Trinajstić information content (AvgIpc) is 2.62. The number of rotatable bonds is 6. The van der Waals surface area contributed by atoms with E-state index >= 15 is 0 Å². The molecular weight excluding hydrogens is 250 g/mol. The Bertz CT molecular complexity index is 346. The van der Waals surface area contributed by atoms with Gasteiger partial charge in [-0.1, -0.05) is 0 Å². The van der Waals surface area contributed by atoms with Gasteiger partial charge in [0.25, 0.3) is 0 Å². The summed E-state index contributed by atoms with van der Waals surface area (Å²) in [5.41, 5.74) is 0.104. The number of unbranched alkanes of at least 4 members (excludes halogenated alkanes) is 1. The maximum atomic E-state index is 12.1. The maximum absolute atomic E-state index is 12.1. The molecule has 0 aliphatic carbocycles. The number of hydrogen-bond acceptors (Lipinski definition) is 4. The molecule has 18 heavy (non-hydrogen) atoms. The van der Waals surface area contributed by atoms with Crippen molar-refractivity contribution < 1.29 is 13.2 Å². The van der Waals surface area contributed by atoms with Gasteiger partial charge in [-0.05, 0) is 53.5 Å². The monoisotopic (exact) mass is 277 g/mol. The van der Waals surface area contributed by atoms with Crippen molar-refractivity contribution in [3.63, 3.8) is 0 Å². The molecule has 0 radical (unpaired) electrons. The first-order valence-electron chi connectivity index (χ1n) is 6.80. The fraction of sp³-hybridized carbons (Fsp3) is 1.00. The fourth-order valence-electron chi connectivity index (χ4n) is 2.23. The molecule has 2 unspecified atom stereocenters. The molecule has 1 aliphatic heterocycles. The summed E-state index contributed by atoms with van der Waals surface area (Å²) in [4.78, 5) is 0. The molecule has 1 saturated heterocycles. The highest BCUT2D eigenvalue weighted by Crippen LogP contribution is 2.22. The maximum Gasteiger partial charge on any atom is 0.155 e. The molecule has 108 valence electrons. The van der Waals surface area contributed by atoms with Crippen LogP contribution in [0.5, 0.6) is 0 Å². The highest BCUT2D eigenvalue weighted by molar-refractivity contribution is 7.92. The summed E-state index contributed by atoms with van der Waals surface area (Å²) in [6, 6.07) is 0. The third kappa shape index (κ3) is 5.24. The lowest BCUT2D eigenvalue weighted by Crippen LogP contribution is -2.36. The molecule has 1 fully saturated rings. The van der Waals surface area contributed by atoms with Crippen molar-refractivity contribution in [3.8, 4) is 0 Å². The van der Waals surface area contributed by atoms with Gasteiger partial charge in [0.05, 0.1) is 17.1 Å². The van der Waals surface area contributed by atoms with Crippen LogP contribution in [0.15, 0.2) is 0 Å². The van der Waals surface area contributed by atoms with Crippen LogP contribution >= 0.6 is 0 Å². The van der Waals surface area contributed by atoms with Crippen molar-refractivity contribution in [2.75, 3.05) is 18.9 Å². The third-order valence-electron chi connectivity index (χ3n) is 3.28. The summed E-state index contributed by atoms with van der Waals surface area (Å²) in [6.07, 6.45) is 2.15. The summed E-state index contributed by atoms with van der Waals surface area (Å²) >= 11 is 0. The molecule has 0 spiro atoms. The Kier molecular flexibility index (Phi) is 5.62. The Hall–Kier alpha value is -0.130. The lowest BCUT2D eigenvalue weighted by Gasteiger charge is -2.20. The first-order chi connectivity index (χ1) is 8.22. The third-order valence-corrected chi connectivity index (χ3v) is 5.68. The second-order valence-electron chi connectivity index (χ2n) is 6.15. The van der Waals surface area contributed by atoms with Crippen LogP contribution in [0.4, 0.5) is 0 Å². The highest BCUT2D eigenvalue weighted by Gasteiger charge is 2.34. The van der Waals surface area contributed by atoms with Gasteiger partial charge >= 0.3 is 0 Å². The smallest absolute Gasteiger partial charge is 0.155 e. The molecule has 0 aromatic carbocycles. The van der Waals surface area contributed by atoms with Crippen molar-refractivity contribution in [1.29, 1.82) is 0 Å². The van der Waals surface area contributed by atoms with Crippen LogP contribution in [-0.4, -0.2) is 44.2 Å². The summed E-state index contributed by atoms with van der Waals surface area (Å²) in [6.45, 7) is 9.65. The zero-order chi connectivity index (χ0) is 13.8. The van der Waals surface area contributed by atoms with Crippen molar-refractivity contribution in [1.82, 2.24) is 5.32 Å². The Morgan fingerprint density at radius 1 is 1.28 bits per heavy atom. The standard InChI is InChI=1S/C13H27NO3S/c1-11-12(7-9-17-11)18(15,16)10-6-5-8-14-13(2,3)4/h11-12,14H,5-10H2,1-4H3. The van der Waals surface area contributed by atoms with Gasteiger partial charge in [-0.25, -0.2) is 8.42 Å². The van der Waals surface area contributed by atoms with E-state index in [0.717, 1.165) is 19.4 Å². The van der Waals surface area contributed by atoms with Gasteiger partial charge in [0.2, 0.25) is 0 Å². The predicted molar refractivity (Wildman–Crippen MR) is 74.6 cm³/mol. The molecule has 4 nitrogen and oxygen atoms in total. The average molecular weight is 277 g/mol. The number of hydrogen-bond donors (Lipinski definition) is 1. The van der Waals surface area contributed by atoms with Gasteiger partial charge in [-0.2, -0.15) is 0 Å². The highest BCUT2D eigenvalue weighted by atomic mass is 32.2. The van der Waals surface area contributed by atoms with Crippen molar-refractivity contribution >= 4 is 9.84 Å². The van der Waals surface area contributed by atoms with Crippen LogP contribution in [0, 0.1) is 0 Å². The molecule has 1 heterocycles. The van der Waals surface area contributed by atoms with E-state index in [-0.39, 0.29) is 22.6 Å². The fourth-order valence-corrected chi connectivity index (χ4v) is 4.25. The molecule has 1 rings (SSSR count). The van der Waals surface area contributed by atoms with E-state index in [9.17, 15) is 8.42 Å². The Balaban J connectivity index is 2.26. The normalized spacial score (nSPS) is 25.6. The Labute approximate surface area is 111 Å². The SMILES string of the molecule is CC1OCCC1S(=O)(=O)CCCCNC(C)(C)C.